The van der Waals surface area contributed by atoms with Gasteiger partial charge in [0.25, 0.3) is 0 Å². The summed E-state index contributed by atoms with van der Waals surface area (Å²) in [7, 11) is 0. The zero-order valence-electron chi connectivity index (χ0n) is 10.8. The molecule has 0 spiro atoms. The summed E-state index contributed by atoms with van der Waals surface area (Å²) in [4.78, 5) is 7.01. The second kappa shape index (κ2) is 6.21. The lowest BCUT2D eigenvalue weighted by atomic mass is 10.1. The Morgan fingerprint density at radius 2 is 2.06 bits per heavy atom. The van der Waals surface area contributed by atoms with E-state index in [2.05, 4.69) is 27.6 Å². The fourth-order valence-corrected chi connectivity index (χ4v) is 2.31. The Morgan fingerprint density at radius 3 is 2.65 bits per heavy atom. The van der Waals surface area contributed by atoms with Crippen LogP contribution in [-0.2, 0) is 0 Å². The van der Waals surface area contributed by atoms with Crippen molar-refractivity contribution in [1.29, 1.82) is 0 Å². The molecule has 1 aliphatic heterocycles. The summed E-state index contributed by atoms with van der Waals surface area (Å²) >= 11 is 0. The topological polar surface area (TPSA) is 65.7 Å². The number of hydrogen-bond donors (Lipinski definition) is 3. The number of rotatable bonds is 4. The molecule has 1 atom stereocenters. The summed E-state index contributed by atoms with van der Waals surface area (Å²) < 4.78 is 0. The summed E-state index contributed by atoms with van der Waals surface area (Å²) in [5.41, 5.74) is 2.66. The number of hydrazine groups is 1. The Bertz CT molecular complexity index is 256. The van der Waals surface area contributed by atoms with Gasteiger partial charge in [0.15, 0.2) is 0 Å². The quantitative estimate of drug-likeness (QED) is 0.288. The molecule has 98 valence electrons. The Morgan fingerprint density at radius 1 is 1.35 bits per heavy atom. The zero-order valence-corrected chi connectivity index (χ0v) is 10.8. The molecule has 2 rings (SSSR count). The minimum Gasteiger partial charge on any atom is -0.352 e. The Balaban J connectivity index is 1.72. The number of hydrogen-bond acceptors (Lipinski definition) is 3. The highest BCUT2D eigenvalue weighted by Crippen LogP contribution is 2.23. The summed E-state index contributed by atoms with van der Waals surface area (Å²) in [6, 6.07) is 0.886. The molecule has 5 nitrogen and oxygen atoms in total. The van der Waals surface area contributed by atoms with Crippen LogP contribution < -0.4 is 16.6 Å². The molecule has 0 aromatic heterocycles. The summed E-state index contributed by atoms with van der Waals surface area (Å²) in [5, 5.41) is 3.36. The number of likely N-dealkylation sites (tertiary alicyclic amines) is 1. The molecule has 0 radical (unpaired) electrons. The Kier molecular flexibility index (Phi) is 4.62. The van der Waals surface area contributed by atoms with Gasteiger partial charge in [-0.05, 0) is 45.7 Å². The smallest absolute Gasteiger partial charge is 0.206 e. The normalized spacial score (nSPS) is 24.5. The molecule has 0 aromatic rings. The van der Waals surface area contributed by atoms with Crippen LogP contribution >= 0.6 is 0 Å². The summed E-state index contributed by atoms with van der Waals surface area (Å²) in [6.07, 6.45) is 6.47. The van der Waals surface area contributed by atoms with Crippen LogP contribution in [0.5, 0.6) is 0 Å². The van der Waals surface area contributed by atoms with Gasteiger partial charge < -0.3 is 10.2 Å². The van der Waals surface area contributed by atoms with Crippen molar-refractivity contribution in [2.24, 2.45) is 10.8 Å². The molecule has 4 N–H and O–H groups in total. The number of guanidine groups is 1. The molecule has 5 heteroatoms. The summed E-state index contributed by atoms with van der Waals surface area (Å²) in [6.45, 7) is 5.73. The second-order valence-corrected chi connectivity index (χ2v) is 5.26. The van der Waals surface area contributed by atoms with Gasteiger partial charge in [0.2, 0.25) is 5.96 Å². The van der Waals surface area contributed by atoms with E-state index in [1.54, 1.807) is 0 Å². The highest BCUT2D eigenvalue weighted by atomic mass is 15.3. The van der Waals surface area contributed by atoms with Crippen molar-refractivity contribution in [3.05, 3.63) is 0 Å². The average molecular weight is 239 g/mol. The lowest BCUT2D eigenvalue weighted by Crippen LogP contribution is -2.50. The van der Waals surface area contributed by atoms with E-state index in [1.807, 2.05) is 0 Å². The van der Waals surface area contributed by atoms with Crippen molar-refractivity contribution in [3.63, 3.8) is 0 Å². The molecule has 0 aromatic carbocycles. The molecule has 1 heterocycles. The van der Waals surface area contributed by atoms with Crippen molar-refractivity contribution in [1.82, 2.24) is 15.6 Å². The van der Waals surface area contributed by atoms with E-state index in [4.69, 9.17) is 5.84 Å². The van der Waals surface area contributed by atoms with Gasteiger partial charge in [-0.25, -0.2) is 10.8 Å². The Hall–Kier alpha value is -0.810. The van der Waals surface area contributed by atoms with Gasteiger partial charge in [-0.2, -0.15) is 0 Å². The predicted octanol–water partition coefficient (Wildman–Crippen LogP) is 0.432. The maximum atomic E-state index is 5.47. The maximum absolute atomic E-state index is 5.47. The zero-order chi connectivity index (χ0) is 12.1. The predicted molar refractivity (Wildman–Crippen MR) is 70.7 cm³/mol. The van der Waals surface area contributed by atoms with E-state index in [0.717, 1.165) is 12.5 Å². The molecular formula is C12H25N5. The molecule has 0 bridgehead atoms. The molecule has 1 unspecified atom stereocenters. The third-order valence-corrected chi connectivity index (χ3v) is 3.36. The van der Waals surface area contributed by atoms with E-state index in [-0.39, 0.29) is 0 Å². The van der Waals surface area contributed by atoms with Crippen LogP contribution in [0.1, 0.15) is 39.0 Å². The van der Waals surface area contributed by atoms with E-state index in [1.165, 1.54) is 45.2 Å². The highest BCUT2D eigenvalue weighted by molar-refractivity contribution is 5.79. The lowest BCUT2D eigenvalue weighted by Gasteiger charge is -2.29. The largest absolute Gasteiger partial charge is 0.352 e. The second-order valence-electron chi connectivity index (χ2n) is 5.26. The highest BCUT2D eigenvalue weighted by Gasteiger charge is 2.21. The van der Waals surface area contributed by atoms with Gasteiger partial charge in [0.1, 0.15) is 0 Å². The van der Waals surface area contributed by atoms with Crippen LogP contribution in [0, 0.1) is 0 Å². The first-order valence-corrected chi connectivity index (χ1v) is 6.81. The van der Waals surface area contributed by atoms with E-state index < -0.39 is 0 Å². The van der Waals surface area contributed by atoms with Crippen LogP contribution in [0.4, 0.5) is 0 Å². The number of aliphatic imine (C=N–C) groups is 1. The van der Waals surface area contributed by atoms with Crippen molar-refractivity contribution < 1.29 is 0 Å². The fourth-order valence-electron chi connectivity index (χ4n) is 2.31. The van der Waals surface area contributed by atoms with Crippen LogP contribution in [0.2, 0.25) is 0 Å². The maximum Gasteiger partial charge on any atom is 0.206 e. The molecule has 0 amide bonds. The van der Waals surface area contributed by atoms with Gasteiger partial charge >= 0.3 is 0 Å². The lowest BCUT2D eigenvalue weighted by molar-refractivity contribution is 0.214. The van der Waals surface area contributed by atoms with E-state index >= 15 is 0 Å². The molecule has 17 heavy (non-hydrogen) atoms. The van der Waals surface area contributed by atoms with E-state index in [9.17, 15) is 0 Å². The standard InChI is InChI=1S/C12H25N5/c1-10(9-17-7-3-2-4-8-17)14-12(16-13)15-11-5-6-11/h10-11H,2-9,13H2,1H3,(H2,14,15,16). The average Bonchev–Trinajstić information content (AvgIpc) is 3.13. The van der Waals surface area contributed by atoms with Crippen LogP contribution in [-0.4, -0.2) is 42.6 Å². The number of nitrogens with zero attached hydrogens (tertiary/aromatic N) is 2. The van der Waals surface area contributed by atoms with E-state index in [0.29, 0.717) is 12.1 Å². The number of piperidine rings is 1. The fraction of sp³-hybridized carbons (Fsp3) is 0.917. The summed E-state index contributed by atoms with van der Waals surface area (Å²) in [5.74, 6) is 6.22. The van der Waals surface area contributed by atoms with Gasteiger partial charge in [-0.3, -0.25) is 5.43 Å². The van der Waals surface area contributed by atoms with Crippen molar-refractivity contribution in [3.8, 4) is 0 Å². The molecular weight excluding hydrogens is 214 g/mol. The minimum absolute atomic E-state index is 0.390. The molecule has 2 aliphatic rings. The Labute approximate surface area is 104 Å². The third kappa shape index (κ3) is 4.52. The first-order valence-electron chi connectivity index (χ1n) is 6.81. The van der Waals surface area contributed by atoms with Gasteiger partial charge in [0.05, 0.1) is 6.04 Å². The van der Waals surface area contributed by atoms with Crippen LogP contribution in [0.25, 0.3) is 0 Å². The van der Waals surface area contributed by atoms with Gasteiger partial charge in [-0.1, -0.05) is 6.42 Å². The third-order valence-electron chi connectivity index (χ3n) is 3.36. The van der Waals surface area contributed by atoms with Gasteiger partial charge in [0, 0.05) is 12.6 Å². The SMILES string of the molecule is CC(CN1CCCCC1)NC(=NC1CC1)NN. The van der Waals surface area contributed by atoms with Crippen molar-refractivity contribution in [2.75, 3.05) is 19.6 Å². The first kappa shape index (κ1) is 12.6. The first-order chi connectivity index (χ1) is 8.28. The molecule has 1 saturated carbocycles. The molecule has 2 fully saturated rings. The van der Waals surface area contributed by atoms with Crippen molar-refractivity contribution >= 4 is 5.96 Å². The van der Waals surface area contributed by atoms with Crippen LogP contribution in [0.3, 0.4) is 0 Å². The van der Waals surface area contributed by atoms with Gasteiger partial charge in [-0.15, -0.1) is 0 Å². The molecule has 1 aliphatic carbocycles. The number of nitrogens with one attached hydrogen (secondary N) is 2. The minimum atomic E-state index is 0.390. The monoisotopic (exact) mass is 239 g/mol. The van der Waals surface area contributed by atoms with Crippen molar-refractivity contribution in [2.45, 2.75) is 51.1 Å². The molecule has 1 saturated heterocycles. The van der Waals surface area contributed by atoms with Crippen LogP contribution in [0.15, 0.2) is 4.99 Å². The number of nitrogens with two attached hydrogens (primary N) is 1.